The van der Waals surface area contributed by atoms with Gasteiger partial charge < -0.3 is 30.2 Å². The predicted molar refractivity (Wildman–Crippen MR) is 143 cm³/mol. The van der Waals surface area contributed by atoms with E-state index >= 15 is 0 Å². The Morgan fingerprint density at radius 2 is 2.03 bits per heavy atom. The Morgan fingerprint density at radius 3 is 2.82 bits per heavy atom. The molecule has 2 amide bonds. The number of carboxylic acids is 1. The average molecular weight is 522 g/mol. The van der Waals surface area contributed by atoms with Gasteiger partial charge in [-0.15, -0.1) is 0 Å². The number of rotatable bonds is 8. The molecule has 0 spiro atoms. The number of ether oxygens (including phenoxy) is 1. The molecule has 9 heteroatoms. The van der Waals surface area contributed by atoms with Crippen LogP contribution in [-0.2, 0) is 38.5 Å². The molecule has 2 atom stereocenters. The summed E-state index contributed by atoms with van der Waals surface area (Å²) in [5.74, 6) is -2.38. The van der Waals surface area contributed by atoms with Gasteiger partial charge in [0.1, 0.15) is 11.8 Å². The molecule has 202 valence electrons. The molecule has 1 aromatic heterocycles. The van der Waals surface area contributed by atoms with Crippen LogP contribution in [0.15, 0.2) is 48.7 Å². The Balaban J connectivity index is 1.49. The Bertz CT molecular complexity index is 1300. The van der Waals surface area contributed by atoms with Crippen LogP contribution in [-0.4, -0.2) is 58.4 Å². The van der Waals surface area contributed by atoms with Crippen LogP contribution < -0.4 is 10.6 Å². The fourth-order valence-electron chi connectivity index (χ4n) is 4.99. The van der Waals surface area contributed by atoms with Crippen LogP contribution in [0.4, 0.5) is 0 Å². The summed E-state index contributed by atoms with van der Waals surface area (Å²) in [6, 6.07) is 12.4. The molecule has 0 saturated heterocycles. The lowest BCUT2D eigenvalue weighted by atomic mass is 9.94. The number of hydrogen-bond donors (Lipinski definition) is 4. The van der Waals surface area contributed by atoms with Crippen LogP contribution >= 0.6 is 0 Å². The molecule has 1 unspecified atom stereocenters. The van der Waals surface area contributed by atoms with Gasteiger partial charge in [-0.25, -0.2) is 0 Å². The van der Waals surface area contributed by atoms with Gasteiger partial charge in [0.2, 0.25) is 11.8 Å². The Morgan fingerprint density at radius 1 is 1.21 bits per heavy atom. The minimum absolute atomic E-state index is 0.224. The highest BCUT2D eigenvalue weighted by Crippen LogP contribution is 2.24. The van der Waals surface area contributed by atoms with Crippen LogP contribution in [0.1, 0.15) is 36.0 Å². The summed E-state index contributed by atoms with van der Waals surface area (Å²) in [6.45, 7) is 3.69. The fourth-order valence-corrected chi connectivity index (χ4v) is 4.99. The van der Waals surface area contributed by atoms with E-state index in [2.05, 4.69) is 15.2 Å². The maximum absolute atomic E-state index is 13.3. The first-order valence-electron chi connectivity index (χ1n) is 13.0. The molecule has 38 heavy (non-hydrogen) atoms. The van der Waals surface area contributed by atoms with Crippen LogP contribution in [0.25, 0.3) is 10.9 Å². The highest BCUT2D eigenvalue weighted by atomic mass is 16.5. The van der Waals surface area contributed by atoms with Crippen molar-refractivity contribution >= 4 is 28.7 Å². The van der Waals surface area contributed by atoms with Crippen molar-refractivity contribution in [2.75, 3.05) is 19.8 Å². The van der Waals surface area contributed by atoms with Gasteiger partial charge in [-0.1, -0.05) is 30.3 Å². The summed E-state index contributed by atoms with van der Waals surface area (Å²) < 4.78 is 7.76. The van der Waals surface area contributed by atoms with Crippen LogP contribution in [0.5, 0.6) is 5.75 Å². The third kappa shape index (κ3) is 6.92. The fraction of sp³-hybridized carbons (Fsp3) is 0.414. The van der Waals surface area contributed by atoms with Gasteiger partial charge >= 0.3 is 5.97 Å². The van der Waals surface area contributed by atoms with E-state index in [0.717, 1.165) is 27.6 Å². The molecule has 0 aliphatic carbocycles. The summed E-state index contributed by atoms with van der Waals surface area (Å²) in [7, 11) is 0. The molecule has 0 radical (unpaired) electrons. The molecule has 1 aliphatic heterocycles. The van der Waals surface area contributed by atoms with E-state index in [1.807, 2.05) is 49.5 Å². The first kappa shape index (κ1) is 27.2. The number of nitrogens with zero attached hydrogens (tertiary/aromatic N) is 1. The summed E-state index contributed by atoms with van der Waals surface area (Å²) >= 11 is 0. The van der Waals surface area contributed by atoms with E-state index in [-0.39, 0.29) is 18.1 Å². The molecule has 2 aromatic carbocycles. The second kappa shape index (κ2) is 12.6. The first-order valence-corrected chi connectivity index (χ1v) is 13.0. The number of amides is 2. The zero-order chi connectivity index (χ0) is 27.1. The number of carbonyl (C=O) groups excluding carboxylic acids is 2. The molecule has 1 aliphatic rings. The number of aliphatic carboxylic acids is 1. The van der Waals surface area contributed by atoms with Crippen molar-refractivity contribution in [2.45, 2.75) is 51.6 Å². The van der Waals surface area contributed by atoms with Gasteiger partial charge in [0, 0.05) is 42.5 Å². The number of fused-ring (bicyclic) bond motifs is 5. The van der Waals surface area contributed by atoms with Gasteiger partial charge in [-0.3, -0.25) is 14.4 Å². The van der Waals surface area contributed by atoms with Gasteiger partial charge in [0.25, 0.3) is 0 Å². The molecular formula is C29H35N3O6. The number of phenolic OH excluding ortho intramolecular Hbond substituents is 1. The summed E-state index contributed by atoms with van der Waals surface area (Å²) in [4.78, 5) is 38.0. The smallest absolute Gasteiger partial charge is 0.304 e. The number of hydrogen-bond acceptors (Lipinski definition) is 5. The maximum Gasteiger partial charge on any atom is 0.304 e. The molecule has 2 bridgehead atoms. The number of para-hydroxylation sites is 1. The number of carbonyl (C=O) groups is 3. The maximum atomic E-state index is 13.3. The topological polar surface area (TPSA) is 130 Å². The zero-order valence-electron chi connectivity index (χ0n) is 21.6. The largest absolute Gasteiger partial charge is 0.508 e. The second-order valence-electron chi connectivity index (χ2n) is 9.84. The van der Waals surface area contributed by atoms with Crippen molar-refractivity contribution in [3.63, 3.8) is 0 Å². The molecule has 3 aromatic rings. The number of aromatic nitrogens is 1. The molecule has 2 heterocycles. The molecule has 0 saturated carbocycles. The lowest BCUT2D eigenvalue weighted by Gasteiger charge is -2.22. The van der Waals surface area contributed by atoms with Gasteiger partial charge in [-0.2, -0.15) is 0 Å². The summed E-state index contributed by atoms with van der Waals surface area (Å²) in [6.07, 6.45) is 3.57. The second-order valence-corrected chi connectivity index (χ2v) is 9.84. The molecule has 0 fully saturated rings. The van der Waals surface area contributed by atoms with Crippen molar-refractivity contribution < 1.29 is 29.3 Å². The zero-order valence-corrected chi connectivity index (χ0v) is 21.6. The van der Waals surface area contributed by atoms with E-state index < -0.39 is 23.8 Å². The third-order valence-electron chi connectivity index (χ3n) is 7.02. The summed E-state index contributed by atoms with van der Waals surface area (Å²) in [5, 5.41) is 25.9. The van der Waals surface area contributed by atoms with E-state index in [1.54, 1.807) is 6.07 Å². The quantitative estimate of drug-likeness (QED) is 0.361. The van der Waals surface area contributed by atoms with Crippen LogP contribution in [0.3, 0.4) is 0 Å². The number of phenols is 1. The molecule has 9 nitrogen and oxygen atoms in total. The van der Waals surface area contributed by atoms with Crippen LogP contribution in [0, 0.1) is 12.8 Å². The normalized spacial score (nSPS) is 17.2. The van der Waals surface area contributed by atoms with Crippen molar-refractivity contribution in [1.29, 1.82) is 0 Å². The monoisotopic (exact) mass is 521 g/mol. The number of nitrogens with one attached hydrogen (secondary N) is 2. The molecule has 4 rings (SSSR count). The highest BCUT2D eigenvalue weighted by Gasteiger charge is 2.28. The van der Waals surface area contributed by atoms with Crippen molar-refractivity contribution in [3.8, 4) is 5.75 Å². The van der Waals surface area contributed by atoms with E-state index in [1.165, 1.54) is 0 Å². The Kier molecular flexibility index (Phi) is 9.02. The Labute approximate surface area is 221 Å². The van der Waals surface area contributed by atoms with Crippen LogP contribution in [0.2, 0.25) is 0 Å². The van der Waals surface area contributed by atoms with Gasteiger partial charge in [0.05, 0.1) is 19.6 Å². The van der Waals surface area contributed by atoms with Gasteiger partial charge in [0.15, 0.2) is 0 Å². The molecular weight excluding hydrogens is 486 g/mol. The number of aromatic hydroxyl groups is 1. The van der Waals surface area contributed by atoms with Gasteiger partial charge in [-0.05, 0) is 55.0 Å². The number of benzene rings is 2. The van der Waals surface area contributed by atoms with E-state index in [0.29, 0.717) is 52.0 Å². The number of carboxylic acid groups (broad SMARTS) is 1. The highest BCUT2D eigenvalue weighted by molar-refractivity contribution is 5.91. The first-order chi connectivity index (χ1) is 18.3. The minimum atomic E-state index is -1.06. The third-order valence-corrected chi connectivity index (χ3v) is 7.02. The minimum Gasteiger partial charge on any atom is -0.508 e. The predicted octanol–water partition coefficient (Wildman–Crippen LogP) is 2.94. The number of aryl methyl sites for hydroxylation is 2. The van der Waals surface area contributed by atoms with E-state index in [4.69, 9.17) is 4.74 Å². The lowest BCUT2D eigenvalue weighted by molar-refractivity contribution is -0.141. The van der Waals surface area contributed by atoms with Crippen molar-refractivity contribution in [3.05, 3.63) is 65.4 Å². The van der Waals surface area contributed by atoms with E-state index in [9.17, 15) is 24.6 Å². The molecule has 4 N–H and O–H groups in total. The summed E-state index contributed by atoms with van der Waals surface area (Å²) in [5.41, 5.74) is 3.73. The Hall–Kier alpha value is -3.85. The average Bonchev–Trinajstić information content (AvgIpc) is 3.23. The SMILES string of the molecule is Cc1cc(CCC[C@H](CC(=O)O)C(=O)NC2Cc3cn(c4ccccc34)CCOCCNC2=O)ccc1O. The van der Waals surface area contributed by atoms with Crippen molar-refractivity contribution in [1.82, 2.24) is 15.2 Å². The van der Waals surface area contributed by atoms with Crippen molar-refractivity contribution in [2.24, 2.45) is 5.92 Å². The lowest BCUT2D eigenvalue weighted by Crippen LogP contribution is -2.50. The standard InChI is InChI=1S/C29H35N3O6/c1-19-15-20(9-10-26(19)33)5-4-6-21(17-27(34)35)28(36)31-24-16-22-18-32(25-8-3-2-7-23(22)25)12-14-38-13-11-30-29(24)37/h2-3,7-10,15,18,21,24,33H,4-6,11-14,16-17H2,1H3,(H,30,37)(H,31,36)(H,34,35)/t21-,24?/m1/s1.